The molecule has 0 radical (unpaired) electrons. The van der Waals surface area contributed by atoms with Gasteiger partial charge in [-0.2, -0.15) is 0 Å². The van der Waals surface area contributed by atoms with Crippen LogP contribution in [0.2, 0.25) is 0 Å². The number of hydrogen-bond acceptors (Lipinski definition) is 3. The summed E-state index contributed by atoms with van der Waals surface area (Å²) in [4.78, 5) is 12.3. The minimum atomic E-state index is -0.363. The molecule has 2 aliphatic rings. The van der Waals surface area contributed by atoms with Gasteiger partial charge in [-0.1, -0.05) is 13.3 Å². The zero-order valence-corrected chi connectivity index (χ0v) is 10.7. The monoisotopic (exact) mass is 240 g/mol. The van der Waals surface area contributed by atoms with Crippen molar-refractivity contribution in [1.82, 2.24) is 5.32 Å². The van der Waals surface area contributed by atoms with Crippen molar-refractivity contribution in [2.24, 2.45) is 17.1 Å². The summed E-state index contributed by atoms with van der Waals surface area (Å²) in [6.45, 7) is 3.95. The Morgan fingerprint density at radius 1 is 1.47 bits per heavy atom. The van der Waals surface area contributed by atoms with Crippen LogP contribution < -0.4 is 11.1 Å². The molecule has 0 spiro atoms. The lowest BCUT2D eigenvalue weighted by Crippen LogP contribution is -2.50. The Morgan fingerprint density at radius 2 is 2.18 bits per heavy atom. The van der Waals surface area contributed by atoms with E-state index in [2.05, 4.69) is 12.2 Å². The molecule has 2 unspecified atom stereocenters. The minimum Gasteiger partial charge on any atom is -0.381 e. The maximum Gasteiger partial charge on any atom is 0.227 e. The van der Waals surface area contributed by atoms with Crippen LogP contribution in [0.3, 0.4) is 0 Å². The lowest BCUT2D eigenvalue weighted by Gasteiger charge is -2.34. The van der Waals surface area contributed by atoms with Crippen LogP contribution in [0.4, 0.5) is 0 Å². The highest BCUT2D eigenvalue weighted by Crippen LogP contribution is 2.37. The summed E-state index contributed by atoms with van der Waals surface area (Å²) in [5, 5.41) is 3.18. The second kappa shape index (κ2) is 5.36. The predicted octanol–water partition coefficient (Wildman–Crippen LogP) is 1.05. The molecular formula is C13H24N2O2. The van der Waals surface area contributed by atoms with Crippen molar-refractivity contribution >= 4 is 5.91 Å². The van der Waals surface area contributed by atoms with E-state index in [1.165, 1.54) is 12.8 Å². The second-order valence-electron chi connectivity index (χ2n) is 5.46. The first-order valence-corrected chi connectivity index (χ1v) is 6.80. The van der Waals surface area contributed by atoms with Gasteiger partial charge in [0.25, 0.3) is 0 Å². The SMILES string of the molecule is CCCC1CC1NC(=O)C1(CN)CCOCC1. The van der Waals surface area contributed by atoms with Crippen LogP contribution >= 0.6 is 0 Å². The van der Waals surface area contributed by atoms with E-state index in [9.17, 15) is 4.79 Å². The first-order chi connectivity index (χ1) is 8.22. The smallest absolute Gasteiger partial charge is 0.227 e. The summed E-state index contributed by atoms with van der Waals surface area (Å²) >= 11 is 0. The predicted molar refractivity (Wildman–Crippen MR) is 66.5 cm³/mol. The van der Waals surface area contributed by atoms with E-state index < -0.39 is 0 Å². The molecule has 1 heterocycles. The van der Waals surface area contributed by atoms with Crippen LogP contribution in [-0.2, 0) is 9.53 Å². The fraction of sp³-hybridized carbons (Fsp3) is 0.923. The number of ether oxygens (including phenoxy) is 1. The van der Waals surface area contributed by atoms with Gasteiger partial charge in [0, 0.05) is 25.8 Å². The van der Waals surface area contributed by atoms with Crippen molar-refractivity contribution in [2.45, 2.75) is 45.1 Å². The highest BCUT2D eigenvalue weighted by atomic mass is 16.5. The molecular weight excluding hydrogens is 216 g/mol. The molecule has 1 aliphatic carbocycles. The molecule has 1 saturated carbocycles. The van der Waals surface area contributed by atoms with Crippen molar-refractivity contribution in [3.63, 3.8) is 0 Å². The summed E-state index contributed by atoms with van der Waals surface area (Å²) in [6.07, 6.45) is 5.11. The number of hydrogen-bond donors (Lipinski definition) is 2. The van der Waals surface area contributed by atoms with Crippen molar-refractivity contribution in [2.75, 3.05) is 19.8 Å². The lowest BCUT2D eigenvalue weighted by molar-refractivity contribution is -0.136. The van der Waals surface area contributed by atoms with Crippen molar-refractivity contribution in [1.29, 1.82) is 0 Å². The van der Waals surface area contributed by atoms with Crippen LogP contribution in [-0.4, -0.2) is 31.7 Å². The van der Waals surface area contributed by atoms with Gasteiger partial charge < -0.3 is 15.8 Å². The normalized spacial score (nSPS) is 30.9. The zero-order chi connectivity index (χ0) is 12.3. The number of nitrogens with one attached hydrogen (secondary N) is 1. The van der Waals surface area contributed by atoms with Gasteiger partial charge in [-0.25, -0.2) is 0 Å². The minimum absolute atomic E-state index is 0.159. The Kier molecular flexibility index (Phi) is 4.05. The highest BCUT2D eigenvalue weighted by molar-refractivity contribution is 5.83. The molecule has 1 saturated heterocycles. The second-order valence-corrected chi connectivity index (χ2v) is 5.46. The van der Waals surface area contributed by atoms with Gasteiger partial charge in [-0.05, 0) is 31.6 Å². The Balaban J connectivity index is 1.85. The standard InChI is InChI=1S/C13H24N2O2/c1-2-3-10-8-11(10)15-12(16)13(9-14)4-6-17-7-5-13/h10-11H,2-9,14H2,1H3,(H,15,16). The van der Waals surface area contributed by atoms with E-state index in [0.717, 1.165) is 19.3 Å². The highest BCUT2D eigenvalue weighted by Gasteiger charge is 2.44. The molecule has 0 aromatic carbocycles. The number of carbonyl (C=O) groups excluding carboxylic acids is 1. The average Bonchev–Trinajstić information content (AvgIpc) is 3.08. The Morgan fingerprint density at radius 3 is 2.76 bits per heavy atom. The summed E-state index contributed by atoms with van der Waals surface area (Å²) < 4.78 is 5.32. The maximum absolute atomic E-state index is 12.3. The third-order valence-corrected chi connectivity index (χ3v) is 4.22. The van der Waals surface area contributed by atoms with Gasteiger partial charge in [0.05, 0.1) is 5.41 Å². The first kappa shape index (κ1) is 12.8. The molecule has 0 aromatic heterocycles. The van der Waals surface area contributed by atoms with Crippen LogP contribution in [0.5, 0.6) is 0 Å². The summed E-state index contributed by atoms with van der Waals surface area (Å²) in [6, 6.07) is 0.411. The largest absolute Gasteiger partial charge is 0.381 e. The Labute approximate surface area is 103 Å². The van der Waals surface area contributed by atoms with E-state index in [-0.39, 0.29) is 11.3 Å². The van der Waals surface area contributed by atoms with E-state index in [4.69, 9.17) is 10.5 Å². The topological polar surface area (TPSA) is 64.4 Å². The molecule has 0 aromatic rings. The van der Waals surface area contributed by atoms with E-state index >= 15 is 0 Å². The lowest BCUT2D eigenvalue weighted by atomic mass is 9.79. The Bertz CT molecular complexity index is 275. The quantitative estimate of drug-likeness (QED) is 0.755. The molecule has 2 atom stereocenters. The molecule has 4 heteroatoms. The molecule has 3 N–H and O–H groups in total. The van der Waals surface area contributed by atoms with Gasteiger partial charge in [0.2, 0.25) is 5.91 Å². The number of carbonyl (C=O) groups is 1. The fourth-order valence-corrected chi connectivity index (χ4v) is 2.72. The number of amides is 1. The molecule has 0 bridgehead atoms. The van der Waals surface area contributed by atoms with Crippen LogP contribution in [0.1, 0.15) is 39.0 Å². The third kappa shape index (κ3) is 2.80. The first-order valence-electron chi connectivity index (χ1n) is 6.80. The van der Waals surface area contributed by atoms with Gasteiger partial charge in [-0.3, -0.25) is 4.79 Å². The summed E-state index contributed by atoms with van der Waals surface area (Å²) in [5.74, 6) is 0.866. The molecule has 1 amide bonds. The van der Waals surface area contributed by atoms with Gasteiger partial charge in [0.1, 0.15) is 0 Å². The van der Waals surface area contributed by atoms with E-state index in [1.54, 1.807) is 0 Å². The Hall–Kier alpha value is -0.610. The molecule has 17 heavy (non-hydrogen) atoms. The zero-order valence-electron chi connectivity index (χ0n) is 10.7. The van der Waals surface area contributed by atoms with Crippen molar-refractivity contribution in [3.05, 3.63) is 0 Å². The molecule has 2 fully saturated rings. The molecule has 2 rings (SSSR count). The van der Waals surface area contributed by atoms with Gasteiger partial charge >= 0.3 is 0 Å². The number of nitrogens with two attached hydrogens (primary N) is 1. The van der Waals surface area contributed by atoms with E-state index in [0.29, 0.717) is 31.7 Å². The van der Waals surface area contributed by atoms with Crippen LogP contribution in [0.25, 0.3) is 0 Å². The summed E-state index contributed by atoms with van der Waals surface area (Å²) in [5.41, 5.74) is 5.45. The van der Waals surface area contributed by atoms with Gasteiger partial charge in [0.15, 0.2) is 0 Å². The van der Waals surface area contributed by atoms with Crippen LogP contribution in [0, 0.1) is 11.3 Å². The fourth-order valence-electron chi connectivity index (χ4n) is 2.72. The van der Waals surface area contributed by atoms with Crippen molar-refractivity contribution in [3.8, 4) is 0 Å². The molecule has 4 nitrogen and oxygen atoms in total. The van der Waals surface area contributed by atoms with Crippen molar-refractivity contribution < 1.29 is 9.53 Å². The summed E-state index contributed by atoms with van der Waals surface area (Å²) in [7, 11) is 0. The maximum atomic E-state index is 12.3. The van der Waals surface area contributed by atoms with Gasteiger partial charge in [-0.15, -0.1) is 0 Å². The molecule has 1 aliphatic heterocycles. The third-order valence-electron chi connectivity index (χ3n) is 4.22. The van der Waals surface area contributed by atoms with Crippen LogP contribution in [0.15, 0.2) is 0 Å². The average molecular weight is 240 g/mol. The molecule has 98 valence electrons. The van der Waals surface area contributed by atoms with E-state index in [1.807, 2.05) is 0 Å². The number of rotatable bonds is 5.